The molecule has 2 rings (SSSR count). The summed E-state index contributed by atoms with van der Waals surface area (Å²) in [5, 5.41) is 14.3. The number of amides is 1. The zero-order chi connectivity index (χ0) is 23.0. The number of nitrogens with one attached hydrogen (secondary N) is 3. The van der Waals surface area contributed by atoms with Gasteiger partial charge in [0.1, 0.15) is 0 Å². The zero-order valence-corrected chi connectivity index (χ0v) is 22.8. The number of aliphatic imine (C=N–C) groups is 1. The van der Waals surface area contributed by atoms with Crippen molar-refractivity contribution in [1.82, 2.24) is 20.4 Å². The van der Waals surface area contributed by atoms with Gasteiger partial charge in [0, 0.05) is 37.4 Å². The number of aromatic nitrogens is 2. The third-order valence-corrected chi connectivity index (χ3v) is 5.12. The first-order valence-corrected chi connectivity index (χ1v) is 11.1. The van der Waals surface area contributed by atoms with E-state index < -0.39 is 0 Å². The molecule has 3 N–H and O–H groups in total. The minimum atomic E-state index is 0. The highest BCUT2D eigenvalue weighted by molar-refractivity contribution is 14.0. The van der Waals surface area contributed by atoms with Crippen LogP contribution in [0.25, 0.3) is 0 Å². The Morgan fingerprint density at radius 2 is 1.94 bits per heavy atom. The predicted molar refractivity (Wildman–Crippen MR) is 144 cm³/mol. The van der Waals surface area contributed by atoms with Gasteiger partial charge >= 0.3 is 0 Å². The molecular weight excluding hydrogens is 515 g/mol. The first-order valence-electron chi connectivity index (χ1n) is 11.1. The molecule has 0 bridgehead atoms. The number of benzene rings is 1. The second-order valence-corrected chi connectivity index (χ2v) is 8.56. The molecule has 0 saturated heterocycles. The lowest BCUT2D eigenvalue weighted by Crippen LogP contribution is -2.43. The zero-order valence-electron chi connectivity index (χ0n) is 20.5. The Hall–Kier alpha value is -2.10. The minimum Gasteiger partial charge on any atom is -0.357 e. The van der Waals surface area contributed by atoms with Gasteiger partial charge in [-0.3, -0.25) is 9.48 Å². The molecule has 1 aromatic carbocycles. The van der Waals surface area contributed by atoms with Crippen LogP contribution in [0.15, 0.2) is 29.3 Å². The van der Waals surface area contributed by atoms with Gasteiger partial charge in [-0.1, -0.05) is 26.0 Å². The summed E-state index contributed by atoms with van der Waals surface area (Å²) in [5.74, 6) is 1.16. The normalized spacial score (nSPS) is 12.3. The molecule has 1 unspecified atom stereocenters. The maximum Gasteiger partial charge on any atom is 0.224 e. The fraction of sp³-hybridized carbons (Fsp3) is 0.542. The van der Waals surface area contributed by atoms with Crippen molar-refractivity contribution in [3.8, 4) is 0 Å². The van der Waals surface area contributed by atoms with E-state index in [1.807, 2.05) is 49.8 Å². The van der Waals surface area contributed by atoms with E-state index in [0.29, 0.717) is 18.9 Å². The van der Waals surface area contributed by atoms with Gasteiger partial charge in [0.15, 0.2) is 5.96 Å². The molecule has 0 fully saturated rings. The fourth-order valence-corrected chi connectivity index (χ4v) is 3.52. The summed E-state index contributed by atoms with van der Waals surface area (Å²) in [7, 11) is 1.98. The Morgan fingerprint density at radius 3 is 2.53 bits per heavy atom. The summed E-state index contributed by atoms with van der Waals surface area (Å²) in [4.78, 5) is 16.8. The van der Waals surface area contributed by atoms with E-state index in [-0.39, 0.29) is 35.9 Å². The molecule has 2 aromatic rings. The van der Waals surface area contributed by atoms with Crippen LogP contribution in [0.5, 0.6) is 0 Å². The molecule has 32 heavy (non-hydrogen) atoms. The van der Waals surface area contributed by atoms with Crippen LogP contribution in [0.1, 0.15) is 56.6 Å². The molecule has 0 radical (unpaired) electrons. The molecule has 1 heterocycles. The number of halogens is 1. The lowest BCUT2D eigenvalue weighted by molar-refractivity contribution is -0.116. The summed E-state index contributed by atoms with van der Waals surface area (Å²) in [6.07, 6.45) is 1.40. The average molecular weight is 555 g/mol. The summed E-state index contributed by atoms with van der Waals surface area (Å²) >= 11 is 0. The topological polar surface area (TPSA) is 83.3 Å². The van der Waals surface area contributed by atoms with E-state index in [2.05, 4.69) is 48.7 Å². The number of carbonyl (C=O) groups excluding carboxylic acids is 1. The molecule has 0 aliphatic rings. The smallest absolute Gasteiger partial charge is 0.224 e. The van der Waals surface area contributed by atoms with Gasteiger partial charge in [-0.25, -0.2) is 4.99 Å². The molecule has 8 heteroatoms. The summed E-state index contributed by atoms with van der Waals surface area (Å²) in [5.41, 5.74) is 5.41. The molecule has 0 aliphatic heterocycles. The number of carbonyl (C=O) groups is 1. The van der Waals surface area contributed by atoms with E-state index in [0.717, 1.165) is 35.9 Å². The van der Waals surface area contributed by atoms with Crippen LogP contribution in [0.4, 0.5) is 5.69 Å². The van der Waals surface area contributed by atoms with E-state index in [1.54, 1.807) is 0 Å². The van der Waals surface area contributed by atoms with E-state index >= 15 is 0 Å². The van der Waals surface area contributed by atoms with Crippen LogP contribution in [0.2, 0.25) is 0 Å². The number of aryl methyl sites for hydroxylation is 2. The second kappa shape index (κ2) is 13.4. The first kappa shape index (κ1) is 27.9. The van der Waals surface area contributed by atoms with Gasteiger partial charge in [-0.15, -0.1) is 24.0 Å². The van der Waals surface area contributed by atoms with Crippen molar-refractivity contribution < 1.29 is 4.79 Å². The minimum absolute atomic E-state index is 0. The van der Waals surface area contributed by atoms with Crippen molar-refractivity contribution in [2.45, 2.75) is 67.0 Å². The van der Waals surface area contributed by atoms with Crippen LogP contribution < -0.4 is 16.0 Å². The monoisotopic (exact) mass is 554 g/mol. The molecule has 0 spiro atoms. The molecule has 1 aromatic heterocycles. The van der Waals surface area contributed by atoms with Gasteiger partial charge in [-0.2, -0.15) is 5.10 Å². The molecule has 1 amide bonds. The van der Waals surface area contributed by atoms with Crippen molar-refractivity contribution >= 4 is 41.5 Å². The number of rotatable bonds is 9. The van der Waals surface area contributed by atoms with Gasteiger partial charge in [0.2, 0.25) is 5.91 Å². The maximum atomic E-state index is 12.0. The third kappa shape index (κ3) is 8.80. The maximum absolute atomic E-state index is 12.0. The number of anilines is 1. The molecule has 7 nitrogen and oxygen atoms in total. The molecule has 1 atom stereocenters. The number of hydrogen-bond donors (Lipinski definition) is 3. The second-order valence-electron chi connectivity index (χ2n) is 8.56. The lowest BCUT2D eigenvalue weighted by Gasteiger charge is -2.18. The largest absolute Gasteiger partial charge is 0.357 e. The summed E-state index contributed by atoms with van der Waals surface area (Å²) in [6.45, 7) is 13.8. The van der Waals surface area contributed by atoms with Crippen LogP contribution in [0.3, 0.4) is 0 Å². The van der Waals surface area contributed by atoms with Crippen molar-refractivity contribution in [1.29, 1.82) is 0 Å². The first-order chi connectivity index (χ1) is 14.7. The number of nitrogens with zero attached hydrogens (tertiary/aromatic N) is 3. The van der Waals surface area contributed by atoms with E-state index in [4.69, 9.17) is 4.99 Å². The van der Waals surface area contributed by atoms with Crippen LogP contribution in [-0.2, 0) is 24.8 Å². The van der Waals surface area contributed by atoms with Gasteiger partial charge < -0.3 is 16.0 Å². The van der Waals surface area contributed by atoms with Crippen LogP contribution >= 0.6 is 24.0 Å². The Labute approximate surface area is 209 Å². The Morgan fingerprint density at radius 1 is 1.22 bits per heavy atom. The van der Waals surface area contributed by atoms with Gasteiger partial charge in [-0.05, 0) is 63.3 Å². The molecule has 0 saturated carbocycles. The molecular formula is C24H39IN6O. The highest BCUT2D eigenvalue weighted by Gasteiger charge is 2.14. The van der Waals surface area contributed by atoms with E-state index in [1.165, 1.54) is 11.3 Å². The van der Waals surface area contributed by atoms with Crippen molar-refractivity contribution in [3.05, 3.63) is 46.8 Å². The van der Waals surface area contributed by atoms with Crippen molar-refractivity contribution in [2.24, 2.45) is 18.0 Å². The van der Waals surface area contributed by atoms with Gasteiger partial charge in [0.05, 0.1) is 12.2 Å². The quantitative estimate of drug-likeness (QED) is 0.245. The fourth-order valence-electron chi connectivity index (χ4n) is 3.52. The average Bonchev–Trinajstić information content (AvgIpc) is 2.92. The Balaban J connectivity index is 0.00000512. The van der Waals surface area contributed by atoms with Crippen molar-refractivity contribution in [3.63, 3.8) is 0 Å². The van der Waals surface area contributed by atoms with Crippen LogP contribution in [-0.4, -0.2) is 34.2 Å². The molecule has 0 aliphatic carbocycles. The predicted octanol–water partition coefficient (Wildman–Crippen LogP) is 4.33. The molecule has 178 valence electrons. The number of guanidine groups is 1. The highest BCUT2D eigenvalue weighted by Crippen LogP contribution is 2.15. The standard InChI is InChI=1S/C24H38N6O.HI/c1-8-25-24(27-17(4)13-22-18(5)29-30(7)19(22)6)26-15-20-10-9-11-21(14-20)28-23(31)12-16(2)3;/h9-11,14,16-17H,8,12-13,15H2,1-7H3,(H,28,31)(H2,25,26,27);1H. The summed E-state index contributed by atoms with van der Waals surface area (Å²) < 4.78 is 1.93. The Kier molecular flexibility index (Phi) is 11.7. The Bertz CT molecular complexity index is 906. The highest BCUT2D eigenvalue weighted by atomic mass is 127. The SMILES string of the molecule is CCNC(=NCc1cccc(NC(=O)CC(C)C)c1)NC(C)Cc1c(C)nn(C)c1C.I. The number of hydrogen-bond acceptors (Lipinski definition) is 3. The van der Waals surface area contributed by atoms with Crippen molar-refractivity contribution in [2.75, 3.05) is 11.9 Å². The third-order valence-electron chi connectivity index (χ3n) is 5.12. The van der Waals surface area contributed by atoms with E-state index in [9.17, 15) is 4.79 Å². The lowest BCUT2D eigenvalue weighted by atomic mass is 10.1. The van der Waals surface area contributed by atoms with Crippen LogP contribution in [0, 0.1) is 19.8 Å². The summed E-state index contributed by atoms with van der Waals surface area (Å²) in [6, 6.07) is 8.08. The van der Waals surface area contributed by atoms with Gasteiger partial charge in [0.25, 0.3) is 0 Å².